The van der Waals surface area contributed by atoms with Gasteiger partial charge in [0.25, 0.3) is 5.91 Å². The van der Waals surface area contributed by atoms with Gasteiger partial charge in [-0.15, -0.1) is 0 Å². The Labute approximate surface area is 153 Å². The number of amides is 2. The number of pyridine rings is 1. The number of rotatable bonds is 5. The van der Waals surface area contributed by atoms with Gasteiger partial charge in [0.2, 0.25) is 5.91 Å². The summed E-state index contributed by atoms with van der Waals surface area (Å²) in [5.41, 5.74) is 0.998. The maximum absolute atomic E-state index is 12.6. The minimum atomic E-state index is -1.17. The van der Waals surface area contributed by atoms with E-state index in [9.17, 15) is 19.2 Å². The summed E-state index contributed by atoms with van der Waals surface area (Å²) in [6.07, 6.45) is 0. The van der Waals surface area contributed by atoms with Crippen molar-refractivity contribution in [2.75, 3.05) is 6.54 Å². The number of aromatic amines is 1. The summed E-state index contributed by atoms with van der Waals surface area (Å²) in [5.74, 6) is -2.35. The largest absolute Gasteiger partial charge is 0.480 e. The number of para-hydroxylation sites is 2. The first-order valence-electron chi connectivity index (χ1n) is 8.22. The molecule has 0 bridgehead atoms. The number of fused-ring (bicyclic) bond motifs is 2. The van der Waals surface area contributed by atoms with Gasteiger partial charge in [0.05, 0.1) is 17.6 Å². The zero-order chi connectivity index (χ0) is 19.6. The molecule has 3 rings (SSSR count). The number of carboxylic acid groups (broad SMARTS) is 1. The Hall–Kier alpha value is -3.68. The van der Waals surface area contributed by atoms with Crippen molar-refractivity contribution in [3.63, 3.8) is 0 Å². The molecule has 1 aromatic heterocycles. The van der Waals surface area contributed by atoms with Gasteiger partial charge in [-0.3, -0.25) is 19.2 Å². The van der Waals surface area contributed by atoms with E-state index in [-0.39, 0.29) is 17.5 Å². The lowest BCUT2D eigenvalue weighted by Crippen LogP contribution is -2.44. The van der Waals surface area contributed by atoms with E-state index in [0.29, 0.717) is 21.8 Å². The fourth-order valence-electron chi connectivity index (χ4n) is 2.75. The molecule has 8 nitrogen and oxygen atoms in total. The summed E-state index contributed by atoms with van der Waals surface area (Å²) >= 11 is 0. The van der Waals surface area contributed by atoms with Crippen LogP contribution in [0.4, 0.5) is 0 Å². The molecule has 0 fully saturated rings. The van der Waals surface area contributed by atoms with Gasteiger partial charge in [0.15, 0.2) is 5.43 Å². The predicted molar refractivity (Wildman–Crippen MR) is 99.6 cm³/mol. The second-order valence-corrected chi connectivity index (χ2v) is 6.04. The van der Waals surface area contributed by atoms with Crippen LogP contribution in [0, 0.1) is 0 Å². The van der Waals surface area contributed by atoms with E-state index < -0.39 is 23.8 Å². The second kappa shape index (κ2) is 7.28. The second-order valence-electron chi connectivity index (χ2n) is 6.04. The SMILES string of the molecule is C[C@H](NC(=O)CNC(=O)c1cccc2c(=O)c3ccccc3[nH]c12)C(=O)O. The summed E-state index contributed by atoms with van der Waals surface area (Å²) in [6, 6.07) is 10.7. The zero-order valence-corrected chi connectivity index (χ0v) is 14.4. The number of hydrogen-bond acceptors (Lipinski definition) is 4. The Bertz CT molecular complexity index is 1120. The number of benzene rings is 2. The minimum Gasteiger partial charge on any atom is -0.480 e. The first kappa shape index (κ1) is 18.1. The van der Waals surface area contributed by atoms with E-state index in [0.717, 1.165) is 0 Å². The third-order valence-corrected chi connectivity index (χ3v) is 4.14. The number of carbonyl (C=O) groups excluding carboxylic acids is 2. The lowest BCUT2D eigenvalue weighted by molar-refractivity contribution is -0.141. The zero-order valence-electron chi connectivity index (χ0n) is 14.4. The highest BCUT2D eigenvalue weighted by Crippen LogP contribution is 2.18. The van der Waals surface area contributed by atoms with Crippen molar-refractivity contribution in [1.82, 2.24) is 15.6 Å². The Balaban J connectivity index is 1.88. The quantitative estimate of drug-likeness (QED) is 0.500. The number of aliphatic carboxylic acids is 1. The average molecular weight is 367 g/mol. The van der Waals surface area contributed by atoms with Gasteiger partial charge in [-0.1, -0.05) is 18.2 Å². The van der Waals surface area contributed by atoms with Crippen molar-refractivity contribution in [1.29, 1.82) is 0 Å². The molecule has 1 atom stereocenters. The number of carboxylic acids is 1. The van der Waals surface area contributed by atoms with E-state index in [2.05, 4.69) is 15.6 Å². The Morgan fingerprint density at radius 1 is 1.07 bits per heavy atom. The highest BCUT2D eigenvalue weighted by atomic mass is 16.4. The van der Waals surface area contributed by atoms with Crippen molar-refractivity contribution in [3.05, 3.63) is 58.3 Å². The molecule has 8 heteroatoms. The van der Waals surface area contributed by atoms with Crippen LogP contribution in [0.15, 0.2) is 47.3 Å². The maximum Gasteiger partial charge on any atom is 0.325 e. The van der Waals surface area contributed by atoms with E-state index in [1.807, 2.05) is 0 Å². The summed E-state index contributed by atoms with van der Waals surface area (Å²) < 4.78 is 0. The van der Waals surface area contributed by atoms with Crippen molar-refractivity contribution >= 4 is 39.6 Å². The first-order chi connectivity index (χ1) is 12.9. The van der Waals surface area contributed by atoms with Crippen LogP contribution in [0.5, 0.6) is 0 Å². The van der Waals surface area contributed by atoms with Crippen molar-refractivity contribution in [2.24, 2.45) is 0 Å². The van der Waals surface area contributed by atoms with E-state index in [1.54, 1.807) is 42.5 Å². The fraction of sp³-hybridized carbons (Fsp3) is 0.158. The van der Waals surface area contributed by atoms with Crippen LogP contribution < -0.4 is 16.1 Å². The summed E-state index contributed by atoms with van der Waals surface area (Å²) in [7, 11) is 0. The Morgan fingerprint density at radius 3 is 2.52 bits per heavy atom. The van der Waals surface area contributed by atoms with Crippen LogP contribution in [-0.2, 0) is 9.59 Å². The van der Waals surface area contributed by atoms with Gasteiger partial charge >= 0.3 is 5.97 Å². The lowest BCUT2D eigenvalue weighted by atomic mass is 10.1. The molecule has 3 aromatic rings. The molecule has 4 N–H and O–H groups in total. The molecule has 0 saturated carbocycles. The molecule has 138 valence electrons. The van der Waals surface area contributed by atoms with Crippen LogP contribution in [0.3, 0.4) is 0 Å². The maximum atomic E-state index is 12.6. The minimum absolute atomic E-state index is 0.193. The van der Waals surface area contributed by atoms with Gasteiger partial charge in [0, 0.05) is 16.3 Å². The molecule has 0 aliphatic rings. The average Bonchev–Trinajstić information content (AvgIpc) is 2.66. The molecule has 0 aliphatic carbocycles. The molecule has 2 aromatic carbocycles. The molecule has 0 spiro atoms. The van der Waals surface area contributed by atoms with Crippen molar-refractivity contribution in [3.8, 4) is 0 Å². The molecule has 0 aliphatic heterocycles. The molecular formula is C19H17N3O5. The van der Waals surface area contributed by atoms with Gasteiger partial charge in [0.1, 0.15) is 6.04 Å². The van der Waals surface area contributed by atoms with Crippen molar-refractivity contribution < 1.29 is 19.5 Å². The van der Waals surface area contributed by atoms with Crippen LogP contribution in [0.25, 0.3) is 21.8 Å². The van der Waals surface area contributed by atoms with Crippen LogP contribution >= 0.6 is 0 Å². The predicted octanol–water partition coefficient (Wildman–Crippen LogP) is 1.00. The molecule has 0 unspecified atom stereocenters. The third-order valence-electron chi connectivity index (χ3n) is 4.14. The van der Waals surface area contributed by atoms with Crippen LogP contribution in [-0.4, -0.2) is 40.5 Å². The number of nitrogens with one attached hydrogen (secondary N) is 3. The summed E-state index contributed by atoms with van der Waals surface area (Å²) in [4.78, 5) is 50.7. The number of H-pyrrole nitrogens is 1. The van der Waals surface area contributed by atoms with Gasteiger partial charge < -0.3 is 20.7 Å². The van der Waals surface area contributed by atoms with Crippen LogP contribution in [0.1, 0.15) is 17.3 Å². The van der Waals surface area contributed by atoms with Crippen LogP contribution in [0.2, 0.25) is 0 Å². The topological polar surface area (TPSA) is 128 Å². The first-order valence-corrected chi connectivity index (χ1v) is 8.22. The highest BCUT2D eigenvalue weighted by molar-refractivity contribution is 6.08. The number of hydrogen-bond donors (Lipinski definition) is 4. The monoisotopic (exact) mass is 367 g/mol. The Kier molecular flexibility index (Phi) is 4.89. The Morgan fingerprint density at radius 2 is 1.78 bits per heavy atom. The number of carbonyl (C=O) groups is 3. The van der Waals surface area contributed by atoms with Gasteiger partial charge in [-0.25, -0.2) is 0 Å². The summed E-state index contributed by atoms with van der Waals surface area (Å²) in [6.45, 7) is 0.938. The van der Waals surface area contributed by atoms with Crippen molar-refractivity contribution in [2.45, 2.75) is 13.0 Å². The lowest BCUT2D eigenvalue weighted by Gasteiger charge is -2.11. The van der Waals surface area contributed by atoms with Gasteiger partial charge in [-0.05, 0) is 31.2 Å². The summed E-state index contributed by atoms with van der Waals surface area (Å²) in [5, 5.41) is 14.3. The molecule has 0 saturated heterocycles. The number of aromatic nitrogens is 1. The molecule has 2 amide bonds. The van der Waals surface area contributed by atoms with E-state index in [4.69, 9.17) is 5.11 Å². The van der Waals surface area contributed by atoms with Gasteiger partial charge in [-0.2, -0.15) is 0 Å². The molecular weight excluding hydrogens is 350 g/mol. The smallest absolute Gasteiger partial charge is 0.325 e. The highest BCUT2D eigenvalue weighted by Gasteiger charge is 2.17. The third kappa shape index (κ3) is 3.64. The molecule has 27 heavy (non-hydrogen) atoms. The molecule has 0 radical (unpaired) electrons. The standard InChI is InChI=1S/C19H17N3O5/c1-10(19(26)27)21-15(23)9-20-18(25)13-7-4-6-12-16(13)22-14-8-3-2-5-11(14)17(12)24/h2-8,10H,9H2,1H3,(H,20,25)(H,21,23)(H,22,24)(H,26,27)/t10-/m0/s1. The van der Waals surface area contributed by atoms with E-state index in [1.165, 1.54) is 6.92 Å². The normalized spacial score (nSPS) is 11.9. The fourth-order valence-corrected chi connectivity index (χ4v) is 2.75. The molecule has 1 heterocycles. The van der Waals surface area contributed by atoms with E-state index >= 15 is 0 Å².